The molecule has 1 aromatic carbocycles. The molecule has 0 bridgehead atoms. The number of hydrogen-bond donors (Lipinski definition) is 4. The van der Waals surface area contributed by atoms with Gasteiger partial charge in [-0.2, -0.15) is 0 Å². The van der Waals surface area contributed by atoms with Gasteiger partial charge in [0.05, 0.1) is 12.5 Å². The predicted molar refractivity (Wildman–Crippen MR) is 63.5 cm³/mol. The quantitative estimate of drug-likeness (QED) is 0.580. The van der Waals surface area contributed by atoms with Crippen molar-refractivity contribution in [3.8, 4) is 0 Å². The number of aliphatic carboxylic acids is 1. The Kier molecular flexibility index (Phi) is 4.09. The van der Waals surface area contributed by atoms with Crippen LogP contribution in [0.4, 0.5) is 5.69 Å². The van der Waals surface area contributed by atoms with Crippen LogP contribution in [0, 0.1) is 13.8 Å². The second kappa shape index (κ2) is 5.16. The summed E-state index contributed by atoms with van der Waals surface area (Å²) in [5.41, 5.74) is 8.33. The van der Waals surface area contributed by atoms with Gasteiger partial charge < -0.3 is 21.1 Å². The van der Waals surface area contributed by atoms with Crippen LogP contribution in [0.25, 0.3) is 0 Å². The van der Waals surface area contributed by atoms with Crippen molar-refractivity contribution in [2.45, 2.75) is 32.5 Å². The normalized spacial score (nSPS) is 14.4. The monoisotopic (exact) mass is 239 g/mol. The van der Waals surface area contributed by atoms with Crippen LogP contribution in [0.2, 0.25) is 0 Å². The van der Waals surface area contributed by atoms with Crippen molar-refractivity contribution in [2.24, 2.45) is 0 Å². The summed E-state index contributed by atoms with van der Waals surface area (Å²) in [5, 5.41) is 28.0. The number of hydrogen-bond acceptors (Lipinski definition) is 4. The summed E-state index contributed by atoms with van der Waals surface area (Å²) in [6, 6.07) is 3.36. The molecule has 0 aliphatic carbocycles. The molecule has 0 radical (unpaired) electrons. The molecule has 1 aromatic rings. The Hall–Kier alpha value is -1.59. The van der Waals surface area contributed by atoms with Gasteiger partial charge in [0.25, 0.3) is 0 Å². The summed E-state index contributed by atoms with van der Waals surface area (Å²) in [5.74, 6) is -1.15. The molecular formula is C12H17NO4. The lowest BCUT2D eigenvalue weighted by atomic mass is 9.95. The third-order valence-electron chi connectivity index (χ3n) is 2.72. The summed E-state index contributed by atoms with van der Waals surface area (Å²) < 4.78 is 0. The van der Waals surface area contributed by atoms with Crippen LogP contribution in [0.3, 0.4) is 0 Å². The van der Waals surface area contributed by atoms with Crippen LogP contribution >= 0.6 is 0 Å². The highest BCUT2D eigenvalue weighted by Crippen LogP contribution is 2.26. The first-order valence-electron chi connectivity index (χ1n) is 5.27. The van der Waals surface area contributed by atoms with Crippen LogP contribution in [0.1, 0.15) is 29.2 Å². The van der Waals surface area contributed by atoms with Gasteiger partial charge in [0.2, 0.25) is 0 Å². The average Bonchev–Trinajstić information content (AvgIpc) is 2.21. The Bertz CT molecular complexity index is 431. The molecule has 0 aromatic heterocycles. The molecule has 0 aliphatic rings. The lowest BCUT2D eigenvalue weighted by Crippen LogP contribution is -2.22. The van der Waals surface area contributed by atoms with E-state index in [1.54, 1.807) is 26.0 Å². The molecule has 1 rings (SSSR count). The van der Waals surface area contributed by atoms with Crippen molar-refractivity contribution < 1.29 is 20.1 Å². The van der Waals surface area contributed by atoms with Gasteiger partial charge in [0.15, 0.2) is 0 Å². The topological polar surface area (TPSA) is 104 Å². The number of benzene rings is 1. The molecule has 0 spiro atoms. The third-order valence-corrected chi connectivity index (χ3v) is 2.72. The number of aliphatic hydroxyl groups is 2. The largest absolute Gasteiger partial charge is 0.481 e. The molecule has 0 heterocycles. The molecule has 0 aliphatic heterocycles. The molecule has 5 heteroatoms. The highest BCUT2D eigenvalue weighted by molar-refractivity contribution is 5.67. The lowest BCUT2D eigenvalue weighted by Gasteiger charge is -2.19. The second-order valence-electron chi connectivity index (χ2n) is 4.18. The maximum atomic E-state index is 10.5. The molecule has 0 amide bonds. The van der Waals surface area contributed by atoms with E-state index >= 15 is 0 Å². The van der Waals surface area contributed by atoms with Crippen molar-refractivity contribution >= 4 is 11.7 Å². The first kappa shape index (κ1) is 13.5. The minimum absolute atomic E-state index is 0.496. The number of rotatable bonds is 4. The number of aryl methyl sites for hydroxylation is 2. The molecule has 94 valence electrons. The van der Waals surface area contributed by atoms with Gasteiger partial charge in [-0.25, -0.2) is 0 Å². The predicted octanol–water partition coefficient (Wildman–Crippen LogP) is 0.755. The van der Waals surface area contributed by atoms with Crippen LogP contribution in [-0.4, -0.2) is 27.4 Å². The van der Waals surface area contributed by atoms with Crippen molar-refractivity contribution in [3.63, 3.8) is 0 Å². The summed E-state index contributed by atoms with van der Waals surface area (Å²) in [7, 11) is 0. The fourth-order valence-electron chi connectivity index (χ4n) is 1.68. The first-order chi connectivity index (χ1) is 7.82. The molecular weight excluding hydrogens is 222 g/mol. The molecule has 0 fully saturated rings. The number of carboxylic acids is 1. The van der Waals surface area contributed by atoms with Crippen molar-refractivity contribution in [1.29, 1.82) is 0 Å². The zero-order valence-electron chi connectivity index (χ0n) is 9.84. The first-order valence-corrected chi connectivity index (χ1v) is 5.27. The van der Waals surface area contributed by atoms with Crippen LogP contribution < -0.4 is 5.73 Å². The maximum absolute atomic E-state index is 10.5. The molecule has 0 saturated carbocycles. The Morgan fingerprint density at radius 3 is 2.41 bits per heavy atom. The van der Waals surface area contributed by atoms with E-state index in [1.165, 1.54) is 0 Å². The van der Waals surface area contributed by atoms with E-state index in [4.69, 9.17) is 10.8 Å². The van der Waals surface area contributed by atoms with Gasteiger partial charge >= 0.3 is 5.97 Å². The highest BCUT2D eigenvalue weighted by Gasteiger charge is 2.22. The lowest BCUT2D eigenvalue weighted by molar-refractivity contribution is -0.141. The van der Waals surface area contributed by atoms with Crippen LogP contribution in [-0.2, 0) is 4.79 Å². The number of nitrogen functional groups attached to an aromatic ring is 1. The van der Waals surface area contributed by atoms with E-state index in [1.807, 2.05) is 0 Å². The van der Waals surface area contributed by atoms with Crippen LogP contribution in [0.15, 0.2) is 12.1 Å². The summed E-state index contributed by atoms with van der Waals surface area (Å²) in [6.45, 7) is 3.54. The zero-order chi connectivity index (χ0) is 13.2. The molecule has 17 heavy (non-hydrogen) atoms. The highest BCUT2D eigenvalue weighted by atomic mass is 16.4. The fraction of sp³-hybridized carbons (Fsp3) is 0.417. The van der Waals surface area contributed by atoms with Gasteiger partial charge in [-0.1, -0.05) is 6.07 Å². The van der Waals surface area contributed by atoms with E-state index in [0.29, 0.717) is 11.3 Å². The smallest absolute Gasteiger partial charge is 0.306 e. The van der Waals surface area contributed by atoms with Crippen molar-refractivity contribution in [2.75, 3.05) is 5.73 Å². The van der Waals surface area contributed by atoms with Crippen molar-refractivity contribution in [3.05, 3.63) is 28.8 Å². The number of anilines is 1. The van der Waals surface area contributed by atoms with E-state index in [0.717, 1.165) is 11.1 Å². The third kappa shape index (κ3) is 3.18. The van der Waals surface area contributed by atoms with Gasteiger partial charge in [-0.05, 0) is 36.6 Å². The summed E-state index contributed by atoms with van der Waals surface area (Å²) in [6.07, 6.45) is -3.04. The fourth-order valence-corrected chi connectivity index (χ4v) is 1.68. The standard InChI is InChI=1S/C12H17NO4/c1-6-4-9(13)7(2)3-8(6)12(17)10(14)5-11(15)16/h3-4,10,12,14,17H,5,13H2,1-2H3,(H,15,16). The van der Waals surface area contributed by atoms with Crippen LogP contribution in [0.5, 0.6) is 0 Å². The SMILES string of the molecule is Cc1cc(C(O)C(O)CC(=O)O)c(C)cc1N. The molecule has 5 N–H and O–H groups in total. The molecule has 0 saturated heterocycles. The van der Waals surface area contributed by atoms with Gasteiger partial charge in [0.1, 0.15) is 6.10 Å². The average molecular weight is 239 g/mol. The Balaban J connectivity index is 2.99. The Morgan fingerprint density at radius 2 is 1.88 bits per heavy atom. The molecule has 5 nitrogen and oxygen atoms in total. The number of nitrogens with two attached hydrogens (primary N) is 1. The molecule has 2 atom stereocenters. The van der Waals surface area contributed by atoms with Gasteiger partial charge in [-0.3, -0.25) is 4.79 Å². The second-order valence-corrected chi connectivity index (χ2v) is 4.18. The number of aliphatic hydroxyl groups excluding tert-OH is 2. The van der Waals surface area contributed by atoms with Gasteiger partial charge in [0, 0.05) is 5.69 Å². The molecule has 2 unspecified atom stereocenters. The number of carbonyl (C=O) groups is 1. The summed E-state index contributed by atoms with van der Waals surface area (Å²) in [4.78, 5) is 10.5. The summed E-state index contributed by atoms with van der Waals surface area (Å²) >= 11 is 0. The zero-order valence-corrected chi connectivity index (χ0v) is 9.84. The number of carboxylic acid groups (broad SMARTS) is 1. The minimum atomic E-state index is -1.32. The van der Waals surface area contributed by atoms with Gasteiger partial charge in [-0.15, -0.1) is 0 Å². The van der Waals surface area contributed by atoms with Crippen molar-refractivity contribution in [1.82, 2.24) is 0 Å². The Morgan fingerprint density at radius 1 is 1.29 bits per heavy atom. The Labute approximate surface area is 99.5 Å². The van der Waals surface area contributed by atoms with E-state index < -0.39 is 24.6 Å². The minimum Gasteiger partial charge on any atom is -0.481 e. The maximum Gasteiger partial charge on any atom is 0.306 e. The van der Waals surface area contributed by atoms with E-state index in [-0.39, 0.29) is 0 Å². The van der Waals surface area contributed by atoms with E-state index in [2.05, 4.69) is 0 Å². The van der Waals surface area contributed by atoms with E-state index in [9.17, 15) is 15.0 Å².